The second-order valence-electron chi connectivity index (χ2n) is 7.18. The van der Waals surface area contributed by atoms with Gasteiger partial charge in [-0.2, -0.15) is 0 Å². The van der Waals surface area contributed by atoms with Crippen molar-refractivity contribution < 1.29 is 23.8 Å². The van der Waals surface area contributed by atoms with Crippen LogP contribution in [0.25, 0.3) is 5.70 Å². The molecule has 0 radical (unpaired) electrons. The first-order valence-electron chi connectivity index (χ1n) is 9.84. The SMILES string of the molecule is CCOC(=O)C1C(C)=NC2=C(C(=O)c3ccccc32)[C@@H]1c1cccc(OC)c1OC. The molecule has 2 aliphatic rings. The number of carbonyl (C=O) groups is 2. The number of ether oxygens (including phenoxy) is 3. The molecule has 0 aromatic heterocycles. The summed E-state index contributed by atoms with van der Waals surface area (Å²) >= 11 is 0. The molecule has 4 rings (SSSR count). The number of nitrogens with zero attached hydrogens (tertiary/aromatic N) is 1. The number of allylic oxidation sites excluding steroid dienone is 1. The lowest BCUT2D eigenvalue weighted by Gasteiger charge is -2.31. The van der Waals surface area contributed by atoms with E-state index >= 15 is 0 Å². The van der Waals surface area contributed by atoms with Crippen molar-refractivity contribution in [3.8, 4) is 11.5 Å². The maximum absolute atomic E-state index is 13.5. The first kappa shape index (κ1) is 19.9. The quantitative estimate of drug-likeness (QED) is 0.702. The Morgan fingerprint density at radius 2 is 1.77 bits per heavy atom. The van der Waals surface area contributed by atoms with E-state index in [1.165, 1.54) is 0 Å². The number of esters is 1. The van der Waals surface area contributed by atoms with Crippen molar-refractivity contribution in [3.05, 3.63) is 64.7 Å². The van der Waals surface area contributed by atoms with E-state index < -0.39 is 17.8 Å². The predicted octanol–water partition coefficient (Wildman–Crippen LogP) is 4.05. The Balaban J connectivity index is 1.98. The smallest absolute Gasteiger partial charge is 0.315 e. The molecule has 0 fully saturated rings. The number of fused-ring (bicyclic) bond motifs is 2. The Bertz CT molecular complexity index is 1100. The summed E-state index contributed by atoms with van der Waals surface area (Å²) in [6, 6.07) is 12.9. The normalized spacial score (nSPS) is 19.7. The molecule has 1 heterocycles. The van der Waals surface area contributed by atoms with Crippen LogP contribution in [0.5, 0.6) is 11.5 Å². The van der Waals surface area contributed by atoms with Crippen molar-refractivity contribution in [3.63, 3.8) is 0 Å². The van der Waals surface area contributed by atoms with Gasteiger partial charge in [-0.05, 0) is 19.9 Å². The third kappa shape index (κ3) is 2.91. The summed E-state index contributed by atoms with van der Waals surface area (Å²) in [5.74, 6) is -0.845. The van der Waals surface area contributed by atoms with Crippen LogP contribution in [-0.4, -0.2) is 38.3 Å². The predicted molar refractivity (Wildman–Crippen MR) is 113 cm³/mol. The Morgan fingerprint density at radius 1 is 1.03 bits per heavy atom. The molecule has 0 bridgehead atoms. The first-order chi connectivity index (χ1) is 14.5. The number of aliphatic imine (C=N–C) groups is 1. The molecule has 0 amide bonds. The zero-order valence-corrected chi connectivity index (χ0v) is 17.4. The molecule has 0 N–H and O–H groups in total. The zero-order chi connectivity index (χ0) is 21.4. The number of methoxy groups -OCH3 is 2. The van der Waals surface area contributed by atoms with Crippen LogP contribution in [0, 0.1) is 5.92 Å². The highest BCUT2D eigenvalue weighted by Gasteiger charge is 2.47. The topological polar surface area (TPSA) is 74.2 Å². The van der Waals surface area contributed by atoms with E-state index in [4.69, 9.17) is 19.2 Å². The minimum absolute atomic E-state index is 0.124. The lowest BCUT2D eigenvalue weighted by molar-refractivity contribution is -0.146. The largest absolute Gasteiger partial charge is 0.493 e. The number of benzene rings is 2. The van der Waals surface area contributed by atoms with Crippen LogP contribution >= 0.6 is 0 Å². The van der Waals surface area contributed by atoms with Crippen molar-refractivity contribution >= 4 is 23.2 Å². The molecule has 2 aromatic rings. The fourth-order valence-electron chi connectivity index (χ4n) is 4.38. The Morgan fingerprint density at radius 3 is 2.43 bits per heavy atom. The van der Waals surface area contributed by atoms with Crippen molar-refractivity contribution in [2.75, 3.05) is 20.8 Å². The Kier molecular flexibility index (Phi) is 5.16. The van der Waals surface area contributed by atoms with Gasteiger partial charge in [-0.15, -0.1) is 0 Å². The Labute approximate surface area is 175 Å². The fraction of sp³-hybridized carbons (Fsp3) is 0.292. The monoisotopic (exact) mass is 405 g/mol. The van der Waals surface area contributed by atoms with Crippen LogP contribution < -0.4 is 9.47 Å². The second-order valence-corrected chi connectivity index (χ2v) is 7.18. The molecule has 30 heavy (non-hydrogen) atoms. The van der Waals surface area contributed by atoms with Gasteiger partial charge in [0.2, 0.25) is 0 Å². The van der Waals surface area contributed by atoms with Gasteiger partial charge in [-0.1, -0.05) is 36.4 Å². The summed E-state index contributed by atoms with van der Waals surface area (Å²) in [7, 11) is 3.10. The highest BCUT2D eigenvalue weighted by Crippen LogP contribution is 2.51. The van der Waals surface area contributed by atoms with Crippen molar-refractivity contribution in [2.24, 2.45) is 10.9 Å². The van der Waals surface area contributed by atoms with Crippen molar-refractivity contribution in [1.29, 1.82) is 0 Å². The van der Waals surface area contributed by atoms with Crippen LogP contribution in [0.2, 0.25) is 0 Å². The average Bonchev–Trinajstić information content (AvgIpc) is 3.04. The standard InChI is InChI=1S/C24H23NO5/c1-5-30-24(27)18-13(2)25-21-14-9-6-7-10-15(14)22(26)20(21)19(18)16-11-8-12-17(28-3)23(16)29-4/h6-12,18-19H,5H2,1-4H3/t18?,19-/m1/s1. The van der Waals surface area contributed by atoms with Gasteiger partial charge >= 0.3 is 5.97 Å². The molecule has 154 valence electrons. The molecule has 2 atom stereocenters. The number of hydrogen-bond donors (Lipinski definition) is 0. The number of para-hydroxylation sites is 1. The van der Waals surface area contributed by atoms with Crippen LogP contribution in [-0.2, 0) is 9.53 Å². The van der Waals surface area contributed by atoms with Gasteiger partial charge < -0.3 is 14.2 Å². The molecule has 0 spiro atoms. The van der Waals surface area contributed by atoms with Gasteiger partial charge in [-0.3, -0.25) is 14.6 Å². The fourth-order valence-corrected chi connectivity index (χ4v) is 4.38. The highest BCUT2D eigenvalue weighted by molar-refractivity contribution is 6.24. The lowest BCUT2D eigenvalue weighted by atomic mass is 9.74. The van der Waals surface area contributed by atoms with E-state index in [-0.39, 0.29) is 12.4 Å². The molecule has 6 nitrogen and oxygen atoms in total. The van der Waals surface area contributed by atoms with E-state index in [1.54, 1.807) is 40.2 Å². The van der Waals surface area contributed by atoms with E-state index in [9.17, 15) is 9.59 Å². The summed E-state index contributed by atoms with van der Waals surface area (Å²) in [4.78, 5) is 31.2. The van der Waals surface area contributed by atoms with Gasteiger partial charge in [0.25, 0.3) is 0 Å². The van der Waals surface area contributed by atoms with Gasteiger partial charge in [0, 0.05) is 33.9 Å². The molecule has 1 aliphatic heterocycles. The van der Waals surface area contributed by atoms with Gasteiger partial charge in [0.15, 0.2) is 17.3 Å². The molecule has 2 aromatic carbocycles. The van der Waals surface area contributed by atoms with Crippen LogP contribution in [0.15, 0.2) is 53.0 Å². The summed E-state index contributed by atoms with van der Waals surface area (Å²) in [6.45, 7) is 3.80. The number of Topliss-reactive ketones (excluding diaryl/α,β-unsaturated/α-hetero) is 1. The average molecular weight is 405 g/mol. The van der Waals surface area contributed by atoms with E-state index in [1.807, 2.05) is 30.3 Å². The molecule has 6 heteroatoms. The number of ketones is 1. The molecule has 1 unspecified atom stereocenters. The van der Waals surface area contributed by atoms with Crippen LogP contribution in [0.4, 0.5) is 0 Å². The number of rotatable bonds is 5. The zero-order valence-electron chi connectivity index (χ0n) is 17.4. The minimum Gasteiger partial charge on any atom is -0.493 e. The Hall–Kier alpha value is -3.41. The summed E-state index contributed by atoms with van der Waals surface area (Å²) < 4.78 is 16.5. The summed E-state index contributed by atoms with van der Waals surface area (Å²) in [5.41, 5.74) is 3.78. The number of hydrogen-bond acceptors (Lipinski definition) is 6. The molecular formula is C24H23NO5. The highest BCUT2D eigenvalue weighted by atomic mass is 16.5. The molecule has 0 saturated carbocycles. The first-order valence-corrected chi connectivity index (χ1v) is 9.84. The van der Waals surface area contributed by atoms with E-state index in [2.05, 4.69) is 0 Å². The summed E-state index contributed by atoms with van der Waals surface area (Å²) in [5, 5.41) is 0. The lowest BCUT2D eigenvalue weighted by Crippen LogP contribution is -2.35. The molecular weight excluding hydrogens is 382 g/mol. The second kappa shape index (κ2) is 7.78. The van der Waals surface area contributed by atoms with E-state index in [0.717, 1.165) is 5.56 Å². The summed E-state index contributed by atoms with van der Waals surface area (Å²) in [6.07, 6.45) is 0. The van der Waals surface area contributed by atoms with Gasteiger partial charge in [-0.25, -0.2) is 0 Å². The maximum atomic E-state index is 13.5. The number of carbonyl (C=O) groups excluding carboxylic acids is 2. The van der Waals surface area contributed by atoms with Gasteiger partial charge in [0.05, 0.1) is 26.5 Å². The minimum atomic E-state index is -0.733. The third-order valence-electron chi connectivity index (χ3n) is 5.62. The third-order valence-corrected chi connectivity index (χ3v) is 5.62. The molecule has 0 saturated heterocycles. The van der Waals surface area contributed by atoms with Crippen LogP contribution in [0.1, 0.15) is 41.3 Å². The van der Waals surface area contributed by atoms with Crippen molar-refractivity contribution in [2.45, 2.75) is 19.8 Å². The maximum Gasteiger partial charge on any atom is 0.315 e. The van der Waals surface area contributed by atoms with Crippen LogP contribution in [0.3, 0.4) is 0 Å². The van der Waals surface area contributed by atoms with E-state index in [0.29, 0.717) is 39.6 Å². The van der Waals surface area contributed by atoms with Crippen molar-refractivity contribution in [1.82, 2.24) is 0 Å². The van der Waals surface area contributed by atoms with Gasteiger partial charge in [0.1, 0.15) is 5.92 Å². The molecule has 1 aliphatic carbocycles.